The summed E-state index contributed by atoms with van der Waals surface area (Å²) in [7, 11) is 1.58. The lowest BCUT2D eigenvalue weighted by Gasteiger charge is -2.30. The van der Waals surface area contributed by atoms with Crippen LogP contribution in [-0.4, -0.2) is 31.5 Å². The van der Waals surface area contributed by atoms with Crippen LogP contribution in [0.15, 0.2) is 41.5 Å². The van der Waals surface area contributed by atoms with Gasteiger partial charge in [0.15, 0.2) is 5.11 Å². The number of thiocarbonyl (C=S) groups is 1. The number of aryl methyl sites for hydroxylation is 1. The van der Waals surface area contributed by atoms with Crippen molar-refractivity contribution in [2.45, 2.75) is 19.8 Å². The molecular formula is C20H23ClN4OS. The zero-order valence-electron chi connectivity index (χ0n) is 15.5. The van der Waals surface area contributed by atoms with Crippen molar-refractivity contribution in [1.82, 2.24) is 5.43 Å². The first kappa shape index (κ1) is 19.5. The Morgan fingerprint density at radius 1 is 1.33 bits per heavy atom. The summed E-state index contributed by atoms with van der Waals surface area (Å²) in [5.41, 5.74) is 7.36. The van der Waals surface area contributed by atoms with Crippen LogP contribution in [0.5, 0.6) is 5.75 Å². The number of fused-ring (bicyclic) bond motifs is 1. The molecule has 3 rings (SSSR count). The standard InChI is InChI=1S/C20H23ClN4OS/c1-3-25-10-4-5-15-11-14(6-8-18(15)25)13-22-24-20(27)23-16-7-9-19(26-2)17(21)12-16/h6-9,11-13H,3-5,10H2,1-2H3,(H2,23,24,27)/b22-13-. The van der Waals surface area contributed by atoms with E-state index in [1.165, 1.54) is 17.7 Å². The average molecular weight is 403 g/mol. The van der Waals surface area contributed by atoms with Gasteiger partial charge in [-0.3, -0.25) is 5.43 Å². The smallest absolute Gasteiger partial charge is 0.191 e. The molecule has 1 heterocycles. The number of methoxy groups -OCH3 is 1. The van der Waals surface area contributed by atoms with Crippen LogP contribution in [0.1, 0.15) is 24.5 Å². The third-order valence-electron chi connectivity index (χ3n) is 4.49. The van der Waals surface area contributed by atoms with Crippen molar-refractivity contribution in [2.24, 2.45) is 5.10 Å². The number of hydrazone groups is 1. The zero-order chi connectivity index (χ0) is 19.2. The number of rotatable bonds is 5. The van der Waals surface area contributed by atoms with Crippen molar-refractivity contribution in [2.75, 3.05) is 30.4 Å². The highest BCUT2D eigenvalue weighted by atomic mass is 35.5. The molecule has 27 heavy (non-hydrogen) atoms. The van der Waals surface area contributed by atoms with Crippen LogP contribution in [0.25, 0.3) is 0 Å². The predicted octanol–water partition coefficient (Wildman–Crippen LogP) is 4.44. The van der Waals surface area contributed by atoms with E-state index in [1.54, 1.807) is 25.5 Å². The molecular weight excluding hydrogens is 380 g/mol. The monoisotopic (exact) mass is 402 g/mol. The first-order chi connectivity index (χ1) is 13.1. The normalized spacial score (nSPS) is 13.4. The van der Waals surface area contributed by atoms with Crippen LogP contribution < -0.4 is 20.4 Å². The van der Waals surface area contributed by atoms with Crippen molar-refractivity contribution >= 4 is 46.5 Å². The summed E-state index contributed by atoms with van der Waals surface area (Å²) in [4.78, 5) is 2.41. The lowest BCUT2D eigenvalue weighted by molar-refractivity contribution is 0.415. The van der Waals surface area contributed by atoms with E-state index >= 15 is 0 Å². The molecule has 7 heteroatoms. The number of hydrogen-bond donors (Lipinski definition) is 2. The maximum Gasteiger partial charge on any atom is 0.191 e. The van der Waals surface area contributed by atoms with Gasteiger partial charge in [0.2, 0.25) is 0 Å². The van der Waals surface area contributed by atoms with E-state index in [4.69, 9.17) is 28.6 Å². The van der Waals surface area contributed by atoms with Crippen molar-refractivity contribution in [3.8, 4) is 5.75 Å². The number of halogens is 1. The van der Waals surface area contributed by atoms with E-state index in [1.807, 2.05) is 6.07 Å². The Kier molecular flexibility index (Phi) is 6.53. The van der Waals surface area contributed by atoms with Gasteiger partial charge < -0.3 is 15.0 Å². The minimum absolute atomic E-state index is 0.391. The molecule has 0 aliphatic carbocycles. The van der Waals surface area contributed by atoms with Crippen LogP contribution in [0, 0.1) is 0 Å². The topological polar surface area (TPSA) is 48.9 Å². The molecule has 0 unspecified atom stereocenters. The molecule has 0 fully saturated rings. The third kappa shape index (κ3) is 4.90. The molecule has 5 nitrogen and oxygen atoms in total. The second kappa shape index (κ2) is 9.06. The Balaban J connectivity index is 1.59. The van der Waals surface area contributed by atoms with Gasteiger partial charge in [0.1, 0.15) is 5.75 Å². The Bertz CT molecular complexity index is 856. The molecule has 0 spiro atoms. The van der Waals surface area contributed by atoms with Gasteiger partial charge in [-0.25, -0.2) is 0 Å². The Morgan fingerprint density at radius 2 is 2.19 bits per heavy atom. The van der Waals surface area contributed by atoms with Crippen LogP contribution in [0.4, 0.5) is 11.4 Å². The summed E-state index contributed by atoms with van der Waals surface area (Å²) in [6.07, 6.45) is 4.08. The van der Waals surface area contributed by atoms with Gasteiger partial charge in [0.05, 0.1) is 18.3 Å². The van der Waals surface area contributed by atoms with E-state index in [9.17, 15) is 0 Å². The van der Waals surface area contributed by atoms with E-state index in [0.717, 1.165) is 30.8 Å². The molecule has 1 aliphatic rings. The SMILES string of the molecule is CCN1CCCc2cc(/C=N\NC(=S)Nc3ccc(OC)c(Cl)c3)ccc21. The van der Waals surface area contributed by atoms with Gasteiger partial charge in [-0.15, -0.1) is 0 Å². The molecule has 0 saturated heterocycles. The fraction of sp³-hybridized carbons (Fsp3) is 0.300. The fourth-order valence-corrected chi connectivity index (χ4v) is 3.60. The summed E-state index contributed by atoms with van der Waals surface area (Å²) in [5.74, 6) is 0.619. The molecule has 142 valence electrons. The highest BCUT2D eigenvalue weighted by molar-refractivity contribution is 7.80. The minimum Gasteiger partial charge on any atom is -0.495 e. The van der Waals surface area contributed by atoms with Gasteiger partial charge in [0.25, 0.3) is 0 Å². The van der Waals surface area contributed by atoms with Crippen molar-refractivity contribution in [3.05, 3.63) is 52.5 Å². The van der Waals surface area contributed by atoms with Crippen LogP contribution >= 0.6 is 23.8 Å². The largest absolute Gasteiger partial charge is 0.495 e. The van der Waals surface area contributed by atoms with E-state index in [-0.39, 0.29) is 0 Å². The first-order valence-corrected chi connectivity index (χ1v) is 9.70. The molecule has 0 atom stereocenters. The molecule has 0 amide bonds. The number of hydrogen-bond acceptors (Lipinski definition) is 4. The second-order valence-electron chi connectivity index (χ2n) is 6.24. The summed E-state index contributed by atoms with van der Waals surface area (Å²) >= 11 is 11.4. The summed E-state index contributed by atoms with van der Waals surface area (Å²) in [6.45, 7) is 4.36. The van der Waals surface area contributed by atoms with Crippen molar-refractivity contribution in [3.63, 3.8) is 0 Å². The molecule has 2 aromatic carbocycles. The number of nitrogens with one attached hydrogen (secondary N) is 2. The lowest BCUT2D eigenvalue weighted by atomic mass is 9.99. The van der Waals surface area contributed by atoms with Gasteiger partial charge in [0, 0.05) is 24.5 Å². The molecule has 2 N–H and O–H groups in total. The quantitative estimate of drug-likeness (QED) is 0.440. The third-order valence-corrected chi connectivity index (χ3v) is 4.98. The molecule has 0 bridgehead atoms. The number of nitrogens with zero attached hydrogens (tertiary/aromatic N) is 2. The highest BCUT2D eigenvalue weighted by Gasteiger charge is 2.15. The van der Waals surface area contributed by atoms with Gasteiger partial charge >= 0.3 is 0 Å². The predicted molar refractivity (Wildman–Crippen MR) is 118 cm³/mol. The number of benzene rings is 2. The maximum absolute atomic E-state index is 6.11. The van der Waals surface area contributed by atoms with Gasteiger partial charge in [-0.1, -0.05) is 17.7 Å². The Labute approximate surface area is 170 Å². The first-order valence-electron chi connectivity index (χ1n) is 8.92. The molecule has 0 radical (unpaired) electrons. The molecule has 2 aromatic rings. The summed E-state index contributed by atoms with van der Waals surface area (Å²) in [6, 6.07) is 11.8. The lowest BCUT2D eigenvalue weighted by Crippen LogP contribution is -2.28. The van der Waals surface area contributed by atoms with E-state index in [2.05, 4.69) is 45.9 Å². The zero-order valence-corrected chi connectivity index (χ0v) is 17.0. The van der Waals surface area contributed by atoms with Gasteiger partial charge in [-0.05, 0) is 73.4 Å². The van der Waals surface area contributed by atoms with Crippen molar-refractivity contribution < 1.29 is 4.74 Å². The second-order valence-corrected chi connectivity index (χ2v) is 7.06. The average Bonchev–Trinajstić information content (AvgIpc) is 2.67. The maximum atomic E-state index is 6.11. The van der Waals surface area contributed by atoms with Crippen molar-refractivity contribution in [1.29, 1.82) is 0 Å². The van der Waals surface area contributed by atoms with Crippen LogP contribution in [-0.2, 0) is 6.42 Å². The summed E-state index contributed by atoms with van der Waals surface area (Å²) in [5, 5.41) is 8.18. The fourth-order valence-electron chi connectivity index (χ4n) is 3.17. The highest BCUT2D eigenvalue weighted by Crippen LogP contribution is 2.28. The van der Waals surface area contributed by atoms with Crippen LogP contribution in [0.3, 0.4) is 0 Å². The number of anilines is 2. The van der Waals surface area contributed by atoms with E-state index in [0.29, 0.717) is 15.9 Å². The van der Waals surface area contributed by atoms with E-state index < -0.39 is 0 Å². The Hall–Kier alpha value is -2.31. The minimum atomic E-state index is 0.391. The number of ether oxygens (including phenoxy) is 1. The molecule has 1 aliphatic heterocycles. The van der Waals surface area contributed by atoms with Crippen LogP contribution in [0.2, 0.25) is 5.02 Å². The summed E-state index contributed by atoms with van der Waals surface area (Å²) < 4.78 is 5.14. The Morgan fingerprint density at radius 3 is 2.93 bits per heavy atom. The molecule has 0 saturated carbocycles. The molecule has 0 aromatic heterocycles. The van der Waals surface area contributed by atoms with Gasteiger partial charge in [-0.2, -0.15) is 5.10 Å².